The number of carbonyl (C=O) groups is 6. The second-order valence-corrected chi connectivity index (χ2v) is 20.6. The van der Waals surface area contributed by atoms with Gasteiger partial charge in [-0.1, -0.05) is 190 Å². The molecule has 0 fully saturated rings. The third-order valence-electron chi connectivity index (χ3n) is 13.5. The lowest BCUT2D eigenvalue weighted by Crippen LogP contribution is -2.50. The van der Waals surface area contributed by atoms with Crippen molar-refractivity contribution in [3.05, 3.63) is 0 Å². The van der Waals surface area contributed by atoms with Gasteiger partial charge in [-0.2, -0.15) is 26.8 Å². The zero-order valence-electron chi connectivity index (χ0n) is 49.2. The van der Waals surface area contributed by atoms with Crippen LogP contribution in [0.5, 0.6) is 0 Å². The molecule has 6 unspecified atom stereocenters. The third-order valence-corrected chi connectivity index (χ3v) is 13.5. The molecule has 0 spiro atoms. The van der Waals surface area contributed by atoms with Crippen LogP contribution in [0.3, 0.4) is 0 Å². The Kier molecular flexibility index (Phi) is 50.9. The van der Waals surface area contributed by atoms with Crippen LogP contribution in [-0.2, 0) is 43.1 Å². The number of amides is 3. The number of hydrazine groups is 2. The molecule has 0 aromatic rings. The van der Waals surface area contributed by atoms with Gasteiger partial charge in [0.1, 0.15) is 18.3 Å². The fourth-order valence-corrected chi connectivity index (χ4v) is 8.76. The van der Waals surface area contributed by atoms with E-state index in [4.69, 9.17) is 45.3 Å². The Morgan fingerprint density at radius 2 is 0.691 bits per heavy atom. The maximum atomic E-state index is 12.8. The van der Waals surface area contributed by atoms with Crippen molar-refractivity contribution in [2.24, 2.45) is 25.6 Å². The topological polar surface area (TPSA) is 379 Å². The number of hydrogen-bond acceptors (Lipinski definition) is 23. The summed E-state index contributed by atoms with van der Waals surface area (Å²) in [6, 6.07) is 0. The number of hydrogen-bond donors (Lipinski definition) is 8. The molecule has 468 valence electrons. The van der Waals surface area contributed by atoms with E-state index in [0.29, 0.717) is 88.9 Å². The SMILES string of the molecule is CCCCCCCCN=NCCCCCCCC(=O)ON(NOC(=O)CCCCCCCC(O)C(CC(OC(=O)N=N)C(O)CCCCC)OC(=O)N=N)NOC(=O)CCCCCCCC(OC(=O)N=N)C(O)CCCCCCCC. The van der Waals surface area contributed by atoms with E-state index in [1.807, 2.05) is 6.92 Å². The highest BCUT2D eigenvalue weighted by atomic mass is 16.9. The largest absolute Gasteiger partial charge is 0.452 e. The van der Waals surface area contributed by atoms with Gasteiger partial charge in [-0.05, 0) is 75.4 Å². The van der Waals surface area contributed by atoms with Crippen molar-refractivity contribution < 1.29 is 72.8 Å². The van der Waals surface area contributed by atoms with Crippen molar-refractivity contribution in [1.82, 2.24) is 16.5 Å². The van der Waals surface area contributed by atoms with Gasteiger partial charge in [0, 0.05) is 25.7 Å². The summed E-state index contributed by atoms with van der Waals surface area (Å²) in [6.45, 7) is 7.76. The van der Waals surface area contributed by atoms with E-state index in [-0.39, 0.29) is 38.5 Å². The van der Waals surface area contributed by atoms with E-state index in [0.717, 1.165) is 96.4 Å². The van der Waals surface area contributed by atoms with E-state index in [9.17, 15) is 44.1 Å². The smallest absolute Gasteiger partial charge is 0.441 e. The lowest BCUT2D eigenvalue weighted by molar-refractivity contribution is -0.320. The number of azo groups is 1. The molecule has 81 heavy (non-hydrogen) atoms. The molecule has 8 N–H and O–H groups in total. The molecule has 0 radical (unpaired) electrons. The van der Waals surface area contributed by atoms with Gasteiger partial charge in [-0.15, -0.1) is 0 Å². The van der Waals surface area contributed by atoms with Crippen LogP contribution in [0.25, 0.3) is 0 Å². The number of aliphatic hydroxyl groups excluding tert-OH is 3. The van der Waals surface area contributed by atoms with Gasteiger partial charge in [-0.25, -0.2) is 14.4 Å². The van der Waals surface area contributed by atoms with Crippen molar-refractivity contribution >= 4 is 36.2 Å². The van der Waals surface area contributed by atoms with Crippen LogP contribution in [0, 0.1) is 16.6 Å². The summed E-state index contributed by atoms with van der Waals surface area (Å²) in [5, 5.41) is 49.7. The molecule has 0 aliphatic rings. The second kappa shape index (κ2) is 54.2. The molecule has 0 bridgehead atoms. The minimum Gasteiger partial charge on any atom is -0.441 e. The lowest BCUT2D eigenvalue weighted by atomic mass is 9.96. The van der Waals surface area contributed by atoms with Crippen molar-refractivity contribution in [3.8, 4) is 0 Å². The van der Waals surface area contributed by atoms with E-state index < -0.39 is 72.8 Å². The standard InChI is InChI=1S/C55H103N11O15/c1-4-7-10-12-17-26-35-44(67)47(76-53(73)61-56)37-28-19-15-21-30-39-51(71)80-65-66(81-52(72)40-31-22-16-24-33-42-60-59-41-32-23-13-11-8-5-2)64-79-50(70)38-29-20-14-18-27-36-46(69)49(78-55(75)63-58)43-48(77-54(74)62-57)45(68)34-25-9-6-3/h44-49,56-58,64-65,67-69H,4-43H2,1-3H3. The van der Waals surface area contributed by atoms with Gasteiger partial charge in [0.05, 0.1) is 36.7 Å². The molecule has 3 amide bonds. The van der Waals surface area contributed by atoms with Crippen molar-refractivity contribution in [2.45, 2.75) is 301 Å². The van der Waals surface area contributed by atoms with Gasteiger partial charge in [0.25, 0.3) is 0 Å². The van der Waals surface area contributed by atoms with Crippen LogP contribution in [0.15, 0.2) is 25.6 Å². The predicted molar refractivity (Wildman–Crippen MR) is 298 cm³/mol. The third kappa shape index (κ3) is 46.2. The number of aliphatic hydroxyl groups is 3. The Hall–Kier alpha value is -5.02. The average molecular weight is 1160 g/mol. The van der Waals surface area contributed by atoms with Crippen LogP contribution in [0.1, 0.15) is 265 Å². The Bertz CT molecular complexity index is 1710. The Morgan fingerprint density at radius 3 is 1.09 bits per heavy atom. The molecular formula is C55H103N11O15. The van der Waals surface area contributed by atoms with Gasteiger partial charge in [0.2, 0.25) is 0 Å². The first kappa shape index (κ1) is 76.0. The van der Waals surface area contributed by atoms with E-state index in [1.54, 1.807) is 0 Å². The van der Waals surface area contributed by atoms with Crippen LogP contribution in [-0.4, -0.2) is 107 Å². The molecule has 0 saturated heterocycles. The second-order valence-electron chi connectivity index (χ2n) is 20.6. The van der Waals surface area contributed by atoms with Crippen LogP contribution >= 0.6 is 0 Å². The van der Waals surface area contributed by atoms with Crippen molar-refractivity contribution in [1.29, 1.82) is 16.6 Å². The summed E-state index contributed by atoms with van der Waals surface area (Å²) in [5.41, 5.74) is 25.3. The molecule has 0 aromatic carbocycles. The van der Waals surface area contributed by atoms with E-state index >= 15 is 0 Å². The van der Waals surface area contributed by atoms with Gasteiger partial charge < -0.3 is 44.0 Å². The molecular weight excluding hydrogens is 1050 g/mol. The number of nitrogens with one attached hydrogen (secondary N) is 5. The maximum Gasteiger partial charge on any atom is 0.452 e. The summed E-state index contributed by atoms with van der Waals surface area (Å²) in [4.78, 5) is 89.2. The van der Waals surface area contributed by atoms with Gasteiger partial charge in [-0.3, -0.25) is 14.4 Å². The number of unbranched alkanes of at least 4 members (excludes halogenated alkanes) is 24. The fraction of sp³-hybridized carbons (Fsp3) is 0.891. The number of rotatable bonds is 55. The average Bonchev–Trinajstić information content (AvgIpc) is 3.46. The monoisotopic (exact) mass is 1160 g/mol. The number of nitrogens with zero attached hydrogens (tertiary/aromatic N) is 6. The van der Waals surface area contributed by atoms with Crippen molar-refractivity contribution in [3.63, 3.8) is 0 Å². The molecule has 0 aromatic heterocycles. The maximum absolute atomic E-state index is 12.8. The molecule has 0 saturated carbocycles. The Labute approximate surface area is 480 Å². The molecule has 26 nitrogen and oxygen atoms in total. The van der Waals surface area contributed by atoms with Crippen LogP contribution in [0.2, 0.25) is 0 Å². The van der Waals surface area contributed by atoms with E-state index in [2.05, 4.69) is 50.6 Å². The van der Waals surface area contributed by atoms with Gasteiger partial charge >= 0.3 is 36.2 Å². The quantitative estimate of drug-likeness (QED) is 0.0121. The zero-order chi connectivity index (χ0) is 60.0. The Morgan fingerprint density at radius 1 is 0.395 bits per heavy atom. The van der Waals surface area contributed by atoms with Gasteiger partial charge in [0.15, 0.2) is 0 Å². The normalized spacial score (nSPS) is 13.6. The molecule has 0 aliphatic carbocycles. The number of ether oxygens (including phenoxy) is 3. The summed E-state index contributed by atoms with van der Waals surface area (Å²) in [5.74, 6) is -2.07. The summed E-state index contributed by atoms with van der Waals surface area (Å²) in [6.07, 6.45) is 16.6. The molecule has 6 atom stereocenters. The van der Waals surface area contributed by atoms with Crippen LogP contribution in [0.4, 0.5) is 14.4 Å². The molecule has 0 heterocycles. The van der Waals surface area contributed by atoms with E-state index in [1.165, 1.54) is 38.5 Å². The predicted octanol–water partition coefficient (Wildman–Crippen LogP) is 13.7. The first-order chi connectivity index (χ1) is 39.2. The van der Waals surface area contributed by atoms with Crippen LogP contribution < -0.4 is 11.2 Å². The fourth-order valence-electron chi connectivity index (χ4n) is 8.76. The first-order valence-corrected chi connectivity index (χ1v) is 30.3. The van der Waals surface area contributed by atoms with Crippen molar-refractivity contribution in [2.75, 3.05) is 13.1 Å². The minimum atomic E-state index is -1.29. The first-order valence-electron chi connectivity index (χ1n) is 30.3. The zero-order valence-corrected chi connectivity index (χ0v) is 49.2. The summed E-state index contributed by atoms with van der Waals surface area (Å²) >= 11 is 0. The summed E-state index contributed by atoms with van der Waals surface area (Å²) < 4.78 is 15.5. The molecule has 0 aliphatic heterocycles. The number of carbonyl (C=O) groups excluding carboxylic acids is 6. The minimum absolute atomic E-state index is 0.0115. The highest BCUT2D eigenvalue weighted by molar-refractivity contribution is 5.70. The Balaban J connectivity index is 5.13. The summed E-state index contributed by atoms with van der Waals surface area (Å²) in [7, 11) is 0. The molecule has 26 heteroatoms. The lowest BCUT2D eigenvalue weighted by Gasteiger charge is -2.28. The molecule has 0 rings (SSSR count). The highest BCUT2D eigenvalue weighted by Gasteiger charge is 2.33. The highest BCUT2D eigenvalue weighted by Crippen LogP contribution is 2.23.